The fourth-order valence-corrected chi connectivity index (χ4v) is 13.7. The van der Waals surface area contributed by atoms with Crippen LogP contribution in [0, 0.1) is 57.5 Å². The highest BCUT2D eigenvalue weighted by atomic mass is 127. The van der Waals surface area contributed by atoms with Gasteiger partial charge in [0.05, 0.1) is 82.2 Å². The van der Waals surface area contributed by atoms with Crippen molar-refractivity contribution in [3.05, 3.63) is 139 Å². The van der Waals surface area contributed by atoms with E-state index in [0.717, 1.165) is 55.5 Å². The first-order chi connectivity index (χ1) is 47.5. The number of nitrogens with zero attached hydrogens (tertiary/aromatic N) is 4. The number of aryl methyl sites for hydroxylation is 2. The van der Waals surface area contributed by atoms with Crippen molar-refractivity contribution in [1.82, 2.24) is 35.7 Å². The van der Waals surface area contributed by atoms with Gasteiger partial charge >= 0.3 is 0 Å². The van der Waals surface area contributed by atoms with Crippen molar-refractivity contribution in [2.45, 2.75) is 138 Å². The van der Waals surface area contributed by atoms with Gasteiger partial charge in [-0.3, -0.25) is 33.6 Å². The molecule has 0 saturated carbocycles. The van der Waals surface area contributed by atoms with Gasteiger partial charge in [0.2, 0.25) is 23.6 Å². The van der Waals surface area contributed by atoms with Crippen LogP contribution < -0.4 is 27.0 Å². The Morgan fingerprint density at radius 3 is 1.58 bits per heavy atom. The number of β-amino-alcohol motifs (C(OH)–C–C–N with tert-alkyl or cyclic N) is 2. The molecule has 2 aromatic heterocycles. The number of carbonyl (C=O) groups is 7. The number of ketones is 3. The lowest BCUT2D eigenvalue weighted by molar-refractivity contribution is -0.146. The lowest BCUT2D eigenvalue weighted by atomic mass is 9.76. The zero-order valence-corrected chi connectivity index (χ0v) is 61.7. The molecule has 0 radical (unpaired) electrons. The molecule has 4 heterocycles. The van der Waals surface area contributed by atoms with Gasteiger partial charge in [0.25, 0.3) is 0 Å². The van der Waals surface area contributed by atoms with Gasteiger partial charge in [0.15, 0.2) is 17.4 Å². The van der Waals surface area contributed by atoms with Crippen molar-refractivity contribution < 1.29 is 71.2 Å². The topological polar surface area (TPSA) is 294 Å². The van der Waals surface area contributed by atoms with Crippen molar-refractivity contribution >= 4 is 97.6 Å². The maximum Gasteiger partial charge on any atom is 0.243 e. The minimum atomic E-state index is -1.30. The Morgan fingerprint density at radius 1 is 0.640 bits per heavy atom. The number of aliphatic hydroxyl groups is 2. The fourth-order valence-electron chi connectivity index (χ4n) is 11.6. The molecule has 8 rings (SSSR count). The summed E-state index contributed by atoms with van der Waals surface area (Å²) in [4.78, 5) is 106. The molecular weight excluding hydrogens is 1440 g/mol. The average molecular weight is 1540 g/mol. The maximum absolute atomic E-state index is 14.7. The molecule has 4 aromatic carbocycles. The summed E-state index contributed by atoms with van der Waals surface area (Å²) in [7, 11) is 0. The summed E-state index contributed by atoms with van der Waals surface area (Å²) in [5, 5.41) is 32.4. The predicted octanol–water partition coefficient (Wildman–Crippen LogP) is 10.1. The zero-order chi connectivity index (χ0) is 72.8. The molecular formula is C73H93F3IN9O12S2. The van der Waals surface area contributed by atoms with Crippen LogP contribution in [0.1, 0.15) is 119 Å². The molecule has 2 fully saturated rings. The van der Waals surface area contributed by atoms with E-state index in [9.17, 15) is 56.9 Å². The number of benzene rings is 4. The summed E-state index contributed by atoms with van der Waals surface area (Å²) in [6, 6.07) is 20.2. The Balaban J connectivity index is 0.000000316. The number of nitrogens with one attached hydrogen (secondary N) is 4. The molecule has 0 aliphatic carbocycles. The third-order valence-corrected chi connectivity index (χ3v) is 20.0. The van der Waals surface area contributed by atoms with Crippen molar-refractivity contribution in [1.29, 1.82) is 0 Å². The largest absolute Gasteiger partial charge is 0.391 e. The minimum Gasteiger partial charge on any atom is -0.391 e. The van der Waals surface area contributed by atoms with Crippen LogP contribution in [0.15, 0.2) is 89.9 Å². The number of halogens is 4. The minimum absolute atomic E-state index is 0.00872. The number of nitrogens with two attached hydrogens (primary N) is 1. The molecule has 0 spiro atoms. The lowest BCUT2D eigenvalue weighted by Gasteiger charge is -2.34. The molecule has 2 aliphatic rings. The summed E-state index contributed by atoms with van der Waals surface area (Å²) < 4.78 is 60.1. The van der Waals surface area contributed by atoms with E-state index >= 15 is 0 Å². The molecule has 2 aliphatic heterocycles. The summed E-state index contributed by atoms with van der Waals surface area (Å²) in [5.41, 5.74) is 13.1. The van der Waals surface area contributed by atoms with Crippen LogP contribution >= 0.6 is 45.3 Å². The van der Waals surface area contributed by atoms with Crippen molar-refractivity contribution in [2.75, 3.05) is 77.7 Å². The van der Waals surface area contributed by atoms with Crippen LogP contribution in [0.3, 0.4) is 0 Å². The summed E-state index contributed by atoms with van der Waals surface area (Å²) in [6.45, 7) is 18.3. The molecule has 4 amide bonds. The third kappa shape index (κ3) is 23.6. The summed E-state index contributed by atoms with van der Waals surface area (Å²) in [6.07, 6.45) is -0.517. The number of hydrogen-bond donors (Lipinski definition) is 7. The van der Waals surface area contributed by atoms with Crippen molar-refractivity contribution in [2.24, 2.45) is 28.4 Å². The number of aromatic nitrogens is 2. The van der Waals surface area contributed by atoms with Gasteiger partial charge in [-0.15, -0.1) is 22.7 Å². The summed E-state index contributed by atoms with van der Waals surface area (Å²) in [5.74, 6) is -6.63. The van der Waals surface area contributed by atoms with E-state index in [1.165, 1.54) is 21.9 Å². The number of likely N-dealkylation sites (tertiary alicyclic amines) is 2. The molecule has 6 aromatic rings. The molecule has 2 saturated heterocycles. The molecule has 8 N–H and O–H groups in total. The summed E-state index contributed by atoms with van der Waals surface area (Å²) >= 11 is 5.07. The van der Waals surface area contributed by atoms with E-state index in [-0.39, 0.29) is 124 Å². The van der Waals surface area contributed by atoms with E-state index in [2.05, 4.69) is 31.2 Å². The predicted molar refractivity (Wildman–Crippen MR) is 387 cm³/mol. The zero-order valence-electron chi connectivity index (χ0n) is 57.9. The molecule has 0 unspecified atom stereocenters. The quantitative estimate of drug-likeness (QED) is 0.0112. The van der Waals surface area contributed by atoms with E-state index < -0.39 is 82.5 Å². The molecule has 27 heteroatoms. The maximum atomic E-state index is 14.7. The Hall–Kier alpha value is -6.93. The van der Waals surface area contributed by atoms with E-state index in [1.807, 2.05) is 132 Å². The first kappa shape index (κ1) is 80.4. The molecule has 542 valence electrons. The Labute approximate surface area is 604 Å². The average Bonchev–Trinajstić information content (AvgIpc) is 1.57. The van der Waals surface area contributed by atoms with E-state index in [4.69, 9.17) is 19.9 Å². The lowest BCUT2D eigenvalue weighted by Crippen LogP contribution is -2.50. The number of Topliss-reactive ketones (excluding diaryl/α,β-unsaturated/α-hetero) is 3. The second-order valence-electron chi connectivity index (χ2n) is 27.1. The van der Waals surface area contributed by atoms with Gasteiger partial charge in [-0.2, -0.15) is 0 Å². The third-order valence-electron chi connectivity index (χ3n) is 17.3. The molecule has 0 bridgehead atoms. The highest BCUT2D eigenvalue weighted by Crippen LogP contribution is 2.37. The normalized spacial score (nSPS) is 16.8. The SMILES string of the molecule is Cc1ncsc1-c1ccc(CNC(=O)[C@@H]2C[C@@H](O)CN2C(=O)[C@@H](CC(=O)CCOCCN)C(C)(C)C)cc1.Cc1ncsc1-c1ccc(CNC(=O)[C@@H]2C[C@@H](O)CN2C(=O)[C@@H](CC(=O)CCOCCNCCCOCC(=O)c2ccc(F)c(F)c2Nc2ccc(I)cc2F)C(C)(C)C)cc1. The van der Waals surface area contributed by atoms with Crippen LogP contribution in [0.25, 0.3) is 20.9 Å². The standard InChI is InChI=1S/C45H53F3IN5O7S.C28H40N4O5S/c1-27-42(62-26-52-27)29-8-6-28(7-9-29)23-51-43(58)38-22-32(56)24-54(38)44(59)34(45(2,3)4)21-31(55)14-18-60-19-16-50-15-5-17-61-25-39(57)33-11-12-35(46)40(48)41(33)53-37-13-10-30(49)20-36(37)47;1-18-25(38-17-31-18)20-7-5-19(6-8-20)15-30-26(35)24-14-22(34)16-32(24)27(36)23(28(2,3)4)13-21(33)9-11-37-12-10-29/h6-13,20,26,32,34,38,50,53,56H,5,14-19,21-25H2,1-4H3,(H,51,58);5-8,17,22-24,34H,9-16,29H2,1-4H3,(H,30,35)/t32-,34-,38+;22-,23-,24+/m11/s1. The van der Waals surface area contributed by atoms with Crippen molar-refractivity contribution in [3.63, 3.8) is 0 Å². The van der Waals surface area contributed by atoms with E-state index in [0.29, 0.717) is 49.4 Å². The highest BCUT2D eigenvalue weighted by Gasteiger charge is 2.46. The van der Waals surface area contributed by atoms with E-state index in [1.54, 1.807) is 34.3 Å². The first-order valence-electron chi connectivity index (χ1n) is 33.5. The van der Waals surface area contributed by atoms with Gasteiger partial charge in [-0.05, 0) is 113 Å². The number of amides is 4. The molecule has 21 nitrogen and oxygen atoms in total. The van der Waals surface area contributed by atoms with Crippen LogP contribution in [-0.4, -0.2) is 168 Å². The van der Waals surface area contributed by atoms with Gasteiger partial charge in [-0.1, -0.05) is 90.1 Å². The smallest absolute Gasteiger partial charge is 0.243 e. The molecule has 6 atom stereocenters. The number of ether oxygens (including phenoxy) is 3. The van der Waals surface area contributed by atoms with Crippen LogP contribution in [0.4, 0.5) is 24.5 Å². The number of hydrogen-bond acceptors (Lipinski definition) is 19. The highest BCUT2D eigenvalue weighted by molar-refractivity contribution is 14.1. The number of anilines is 2. The number of carbonyl (C=O) groups excluding carboxylic acids is 7. The van der Waals surface area contributed by atoms with Crippen molar-refractivity contribution in [3.8, 4) is 20.9 Å². The monoisotopic (exact) mass is 1540 g/mol. The van der Waals surface area contributed by atoms with Gasteiger partial charge in [0.1, 0.15) is 36.1 Å². The van der Waals surface area contributed by atoms with Crippen LogP contribution in [0.5, 0.6) is 0 Å². The number of rotatable bonds is 34. The van der Waals surface area contributed by atoms with Gasteiger partial charge in [-0.25, -0.2) is 23.1 Å². The van der Waals surface area contributed by atoms with Crippen LogP contribution in [0.2, 0.25) is 0 Å². The Morgan fingerprint density at radius 2 is 1.13 bits per heavy atom. The molecule has 100 heavy (non-hydrogen) atoms. The Bertz CT molecular complexity index is 3740. The first-order valence-corrected chi connectivity index (χ1v) is 36.3. The fraction of sp³-hybridized carbons (Fsp3) is 0.493. The number of thiazole rings is 2. The van der Waals surface area contributed by atoms with Crippen LogP contribution in [-0.2, 0) is 56.1 Å². The second kappa shape index (κ2) is 38.4. The number of aliphatic hydroxyl groups excluding tert-OH is 2. The second-order valence-corrected chi connectivity index (χ2v) is 30.1. The van der Waals surface area contributed by atoms with Gasteiger partial charge in [0, 0.05) is 105 Å². The Kier molecular flexibility index (Phi) is 30.8. The van der Waals surface area contributed by atoms with Gasteiger partial charge < -0.3 is 61.2 Å².